The highest BCUT2D eigenvalue weighted by atomic mass is 35.5. The van der Waals surface area contributed by atoms with Crippen molar-refractivity contribution in [3.8, 4) is 0 Å². The first-order valence-electron chi connectivity index (χ1n) is 7.23. The van der Waals surface area contributed by atoms with Gasteiger partial charge in [-0.15, -0.1) is 0 Å². The van der Waals surface area contributed by atoms with E-state index in [4.69, 9.17) is 11.6 Å². The van der Waals surface area contributed by atoms with Crippen LogP contribution in [0.1, 0.15) is 12.8 Å². The molecule has 10 heteroatoms. The second-order valence-electron chi connectivity index (χ2n) is 5.60. The van der Waals surface area contributed by atoms with Crippen molar-refractivity contribution in [3.05, 3.63) is 47.7 Å². The van der Waals surface area contributed by atoms with Crippen molar-refractivity contribution in [3.63, 3.8) is 0 Å². The van der Waals surface area contributed by atoms with E-state index in [1.165, 1.54) is 13.1 Å². The number of halogens is 1. The molecule has 2 heterocycles. The highest BCUT2D eigenvalue weighted by Gasteiger charge is 2.28. The molecule has 0 spiro atoms. The van der Waals surface area contributed by atoms with Gasteiger partial charge >= 0.3 is 5.69 Å². The number of fused-ring (bicyclic) bond motifs is 1. The van der Waals surface area contributed by atoms with Crippen molar-refractivity contribution in [2.75, 3.05) is 18.0 Å². The van der Waals surface area contributed by atoms with E-state index in [-0.39, 0.29) is 15.9 Å². The Hall–Kier alpha value is -2.68. The number of nitrogens with zero attached hydrogens (tertiary/aromatic N) is 4. The van der Waals surface area contributed by atoms with Crippen LogP contribution >= 0.6 is 11.6 Å². The number of hydrogen-bond donors (Lipinski definition) is 0. The predicted molar refractivity (Wildman–Crippen MR) is 89.0 cm³/mol. The van der Waals surface area contributed by atoms with Crippen molar-refractivity contribution in [1.82, 2.24) is 4.57 Å². The summed E-state index contributed by atoms with van der Waals surface area (Å²) in [6, 6.07) is 2.10. The topological polar surface area (TPSA) is 112 Å². The predicted octanol–water partition coefficient (Wildman–Crippen LogP) is 2.61. The van der Waals surface area contributed by atoms with Gasteiger partial charge in [-0.25, -0.2) is 0 Å². The minimum atomic E-state index is -0.726. The maximum Gasteiger partial charge on any atom is 0.300 e. The molecular formula is C14H13ClN4O5. The van der Waals surface area contributed by atoms with E-state index in [9.17, 15) is 25.0 Å². The number of nitro groups is 2. The lowest BCUT2D eigenvalue weighted by Gasteiger charge is -2.22. The van der Waals surface area contributed by atoms with Crippen molar-refractivity contribution < 1.29 is 9.85 Å². The Bertz CT molecular complexity index is 933. The first-order valence-corrected chi connectivity index (χ1v) is 7.60. The van der Waals surface area contributed by atoms with Crippen LogP contribution in [0.3, 0.4) is 0 Å². The van der Waals surface area contributed by atoms with E-state index in [2.05, 4.69) is 0 Å². The number of rotatable bonds is 3. The molecule has 2 aromatic rings. The monoisotopic (exact) mass is 352 g/mol. The molecule has 0 saturated carbocycles. The zero-order valence-electron chi connectivity index (χ0n) is 12.7. The number of nitro benzene ring substituents is 2. The van der Waals surface area contributed by atoms with Crippen LogP contribution in [0.4, 0.5) is 17.1 Å². The Labute approximate surface area is 140 Å². The summed E-state index contributed by atoms with van der Waals surface area (Å²) in [4.78, 5) is 35.4. The lowest BCUT2D eigenvalue weighted by atomic mass is 10.1. The third-order valence-corrected chi connectivity index (χ3v) is 4.54. The molecule has 1 aromatic heterocycles. The van der Waals surface area contributed by atoms with Crippen molar-refractivity contribution in [2.45, 2.75) is 12.8 Å². The zero-order valence-corrected chi connectivity index (χ0v) is 13.4. The summed E-state index contributed by atoms with van der Waals surface area (Å²) in [7, 11) is 1.36. The van der Waals surface area contributed by atoms with Gasteiger partial charge in [-0.3, -0.25) is 25.0 Å². The molecule has 1 aliphatic rings. The van der Waals surface area contributed by atoms with Gasteiger partial charge in [0, 0.05) is 31.6 Å². The second-order valence-corrected chi connectivity index (χ2v) is 5.97. The van der Waals surface area contributed by atoms with Gasteiger partial charge in [0.2, 0.25) is 0 Å². The Morgan fingerprint density at radius 1 is 1.12 bits per heavy atom. The number of aryl methyl sites for hydroxylation is 1. The fraction of sp³-hybridized carbons (Fsp3) is 0.357. The Balaban J connectivity index is 2.52. The molecule has 1 aromatic carbocycles. The summed E-state index contributed by atoms with van der Waals surface area (Å²) in [6.45, 7) is 1.27. The lowest BCUT2D eigenvalue weighted by Crippen LogP contribution is -2.25. The molecule has 1 saturated heterocycles. The van der Waals surface area contributed by atoms with Crippen LogP contribution in [0.15, 0.2) is 16.9 Å². The quantitative estimate of drug-likeness (QED) is 0.620. The summed E-state index contributed by atoms with van der Waals surface area (Å²) < 4.78 is 1.07. The fourth-order valence-electron chi connectivity index (χ4n) is 3.10. The SMILES string of the molecule is Cn1c(=O)c(Cl)c(N2CCCC2)c2cc([N+](=O)[O-])cc([N+](=O)[O-])c21. The van der Waals surface area contributed by atoms with E-state index in [0.717, 1.165) is 23.5 Å². The first kappa shape index (κ1) is 16.2. The fourth-order valence-corrected chi connectivity index (χ4v) is 3.45. The third kappa shape index (κ3) is 2.37. The molecule has 0 radical (unpaired) electrons. The zero-order chi connectivity index (χ0) is 17.6. The van der Waals surface area contributed by atoms with Gasteiger partial charge in [-0.2, -0.15) is 0 Å². The van der Waals surface area contributed by atoms with Crippen LogP contribution in [0.2, 0.25) is 5.02 Å². The summed E-state index contributed by atoms with van der Waals surface area (Å²) in [5.41, 5.74) is -1.11. The number of non-ortho nitro benzene ring substituents is 2. The van der Waals surface area contributed by atoms with Crippen molar-refractivity contribution in [2.24, 2.45) is 7.05 Å². The average Bonchev–Trinajstić information content (AvgIpc) is 3.05. The van der Waals surface area contributed by atoms with Crippen LogP contribution in [-0.4, -0.2) is 27.5 Å². The van der Waals surface area contributed by atoms with Gasteiger partial charge in [0.25, 0.3) is 11.2 Å². The van der Waals surface area contributed by atoms with E-state index in [0.29, 0.717) is 18.8 Å². The Morgan fingerprint density at radius 3 is 2.29 bits per heavy atom. The number of aromatic nitrogens is 1. The number of pyridine rings is 1. The van der Waals surface area contributed by atoms with Crippen LogP contribution < -0.4 is 10.5 Å². The van der Waals surface area contributed by atoms with Crippen molar-refractivity contribution >= 4 is 39.6 Å². The molecule has 0 bridgehead atoms. The number of anilines is 1. The molecular weight excluding hydrogens is 340 g/mol. The third-order valence-electron chi connectivity index (χ3n) is 4.20. The molecule has 1 fully saturated rings. The molecule has 0 N–H and O–H groups in total. The average molecular weight is 353 g/mol. The molecule has 0 amide bonds. The van der Waals surface area contributed by atoms with Gasteiger partial charge in [0.05, 0.1) is 21.6 Å². The van der Waals surface area contributed by atoms with Gasteiger partial charge in [0.15, 0.2) is 0 Å². The maximum absolute atomic E-state index is 12.4. The van der Waals surface area contributed by atoms with Crippen LogP contribution in [0.25, 0.3) is 10.9 Å². The van der Waals surface area contributed by atoms with Gasteiger partial charge in [-0.05, 0) is 12.8 Å². The maximum atomic E-state index is 12.4. The highest BCUT2D eigenvalue weighted by Crippen LogP contribution is 2.39. The van der Waals surface area contributed by atoms with E-state index < -0.39 is 26.8 Å². The van der Waals surface area contributed by atoms with E-state index in [1.807, 2.05) is 4.90 Å². The highest BCUT2D eigenvalue weighted by molar-refractivity contribution is 6.34. The number of benzene rings is 1. The smallest absolute Gasteiger partial charge is 0.300 e. The molecule has 126 valence electrons. The minimum Gasteiger partial charge on any atom is -0.370 e. The van der Waals surface area contributed by atoms with E-state index >= 15 is 0 Å². The normalized spacial score (nSPS) is 14.3. The molecule has 0 aliphatic carbocycles. The van der Waals surface area contributed by atoms with Crippen molar-refractivity contribution in [1.29, 1.82) is 0 Å². The van der Waals surface area contributed by atoms with Crippen LogP contribution in [-0.2, 0) is 7.05 Å². The van der Waals surface area contributed by atoms with E-state index in [1.54, 1.807) is 0 Å². The molecule has 9 nitrogen and oxygen atoms in total. The molecule has 0 atom stereocenters. The standard InChI is InChI=1S/C14H13ClN4O5/c1-16-12-9(6-8(18(21)22)7-10(12)19(23)24)13(11(15)14(16)20)17-4-2-3-5-17/h6-7H,2-5H2,1H3. The molecule has 0 unspecified atom stereocenters. The van der Waals surface area contributed by atoms with Gasteiger partial charge in [0.1, 0.15) is 10.5 Å². The number of hydrogen-bond acceptors (Lipinski definition) is 6. The van der Waals surface area contributed by atoms with Gasteiger partial charge < -0.3 is 9.47 Å². The molecule has 1 aliphatic heterocycles. The summed E-state index contributed by atoms with van der Waals surface area (Å²) in [6.07, 6.45) is 1.79. The molecule has 3 rings (SSSR count). The Morgan fingerprint density at radius 2 is 1.75 bits per heavy atom. The lowest BCUT2D eigenvalue weighted by molar-refractivity contribution is -0.393. The van der Waals surface area contributed by atoms with Crippen LogP contribution in [0.5, 0.6) is 0 Å². The summed E-state index contributed by atoms with van der Waals surface area (Å²) >= 11 is 6.21. The van der Waals surface area contributed by atoms with Crippen LogP contribution in [0, 0.1) is 20.2 Å². The Kier molecular flexibility index (Phi) is 3.88. The largest absolute Gasteiger partial charge is 0.370 e. The summed E-state index contributed by atoms with van der Waals surface area (Å²) in [5.74, 6) is 0. The first-order chi connectivity index (χ1) is 11.3. The second kappa shape index (κ2) is 5.75. The minimum absolute atomic E-state index is 0.0295. The summed E-state index contributed by atoms with van der Waals surface area (Å²) in [5, 5.41) is 22.7. The molecule has 24 heavy (non-hydrogen) atoms. The van der Waals surface area contributed by atoms with Gasteiger partial charge in [-0.1, -0.05) is 11.6 Å².